The first-order valence-corrected chi connectivity index (χ1v) is 10.4. The largest absolute Gasteiger partial charge is 0.444 e. The van der Waals surface area contributed by atoms with Crippen molar-refractivity contribution in [1.29, 1.82) is 5.26 Å². The quantitative estimate of drug-likeness (QED) is 0.820. The third-order valence-electron chi connectivity index (χ3n) is 5.36. The number of β-amino-alcohol motifs (C(OH)–C–C–N with tert-alkyl or cyclic N) is 1. The van der Waals surface area contributed by atoms with Crippen LogP contribution in [-0.4, -0.2) is 71.5 Å². The van der Waals surface area contributed by atoms with Crippen LogP contribution in [0.25, 0.3) is 0 Å². The van der Waals surface area contributed by atoms with Crippen LogP contribution < -0.4 is 4.90 Å². The molecule has 0 aliphatic carbocycles. The molecule has 8 heteroatoms. The van der Waals surface area contributed by atoms with Crippen LogP contribution in [0.4, 0.5) is 15.3 Å². The number of nitriles is 1. The third-order valence-corrected chi connectivity index (χ3v) is 5.36. The zero-order chi connectivity index (χ0) is 21.9. The fourth-order valence-electron chi connectivity index (χ4n) is 3.90. The van der Waals surface area contributed by atoms with Crippen LogP contribution in [0.2, 0.25) is 0 Å². The molecule has 8 nitrogen and oxygen atoms in total. The predicted molar refractivity (Wildman–Crippen MR) is 112 cm³/mol. The molecule has 0 aromatic heterocycles. The van der Waals surface area contributed by atoms with E-state index in [9.17, 15) is 14.7 Å². The van der Waals surface area contributed by atoms with Gasteiger partial charge in [-0.15, -0.1) is 0 Å². The maximum absolute atomic E-state index is 13.0. The van der Waals surface area contributed by atoms with Gasteiger partial charge in [-0.3, -0.25) is 4.90 Å². The van der Waals surface area contributed by atoms with Crippen molar-refractivity contribution in [3.8, 4) is 6.07 Å². The molecule has 2 saturated heterocycles. The summed E-state index contributed by atoms with van der Waals surface area (Å²) in [4.78, 5) is 30.2. The number of aliphatic hydroxyl groups excluding tert-OH is 1. The van der Waals surface area contributed by atoms with Crippen LogP contribution in [0.3, 0.4) is 0 Å². The maximum Gasteiger partial charge on any atom is 0.410 e. The summed E-state index contributed by atoms with van der Waals surface area (Å²) in [6.07, 6.45) is 0.607. The number of carbonyl (C=O) groups excluding carboxylic acids is 2. The van der Waals surface area contributed by atoms with Crippen molar-refractivity contribution in [2.24, 2.45) is 5.92 Å². The molecule has 162 valence electrons. The summed E-state index contributed by atoms with van der Waals surface area (Å²) < 4.78 is 5.44. The van der Waals surface area contributed by atoms with Gasteiger partial charge in [0.05, 0.1) is 30.8 Å². The lowest BCUT2D eigenvalue weighted by atomic mass is 9.96. The van der Waals surface area contributed by atoms with Crippen molar-refractivity contribution in [3.63, 3.8) is 0 Å². The minimum atomic E-state index is -0.657. The summed E-state index contributed by atoms with van der Waals surface area (Å²) >= 11 is 0. The predicted octanol–water partition coefficient (Wildman–Crippen LogP) is 2.81. The molecule has 1 atom stereocenters. The second-order valence-corrected chi connectivity index (χ2v) is 9.02. The minimum absolute atomic E-state index is 0.162. The average molecular weight is 415 g/mol. The molecule has 0 spiro atoms. The molecule has 0 bridgehead atoms. The van der Waals surface area contributed by atoms with Crippen molar-refractivity contribution in [2.75, 3.05) is 37.6 Å². The van der Waals surface area contributed by atoms with Crippen molar-refractivity contribution >= 4 is 17.8 Å². The van der Waals surface area contributed by atoms with E-state index in [4.69, 9.17) is 10.00 Å². The molecule has 2 aliphatic rings. The number of ether oxygens (including phenoxy) is 1. The van der Waals surface area contributed by atoms with E-state index in [1.165, 1.54) is 4.90 Å². The molecule has 1 aromatic rings. The van der Waals surface area contributed by atoms with Crippen molar-refractivity contribution in [2.45, 2.75) is 45.3 Å². The second kappa shape index (κ2) is 8.92. The normalized spacial score (nSPS) is 20.8. The van der Waals surface area contributed by atoms with Gasteiger partial charge in [0.1, 0.15) is 5.60 Å². The van der Waals surface area contributed by atoms with Gasteiger partial charge in [0.25, 0.3) is 0 Å². The van der Waals surface area contributed by atoms with Crippen LogP contribution in [0.1, 0.15) is 39.2 Å². The topological polar surface area (TPSA) is 97.1 Å². The molecule has 0 saturated carbocycles. The van der Waals surface area contributed by atoms with E-state index in [2.05, 4.69) is 6.07 Å². The van der Waals surface area contributed by atoms with Crippen LogP contribution in [0.15, 0.2) is 24.3 Å². The highest BCUT2D eigenvalue weighted by molar-refractivity contribution is 5.93. The van der Waals surface area contributed by atoms with Gasteiger partial charge >= 0.3 is 12.1 Å². The highest BCUT2D eigenvalue weighted by atomic mass is 16.6. The fraction of sp³-hybridized carbons (Fsp3) is 0.591. The Morgan fingerprint density at radius 1 is 1.27 bits per heavy atom. The van der Waals surface area contributed by atoms with Crippen LogP contribution in [0.5, 0.6) is 0 Å². The highest BCUT2D eigenvalue weighted by Gasteiger charge is 2.34. The molecule has 0 radical (unpaired) electrons. The van der Waals surface area contributed by atoms with E-state index >= 15 is 0 Å². The Morgan fingerprint density at radius 3 is 2.60 bits per heavy atom. The van der Waals surface area contributed by atoms with Crippen molar-refractivity contribution < 1.29 is 19.4 Å². The highest BCUT2D eigenvalue weighted by Crippen LogP contribution is 2.25. The first kappa shape index (κ1) is 21.9. The minimum Gasteiger partial charge on any atom is -0.444 e. The molecule has 2 aliphatic heterocycles. The van der Waals surface area contributed by atoms with Gasteiger partial charge in [0, 0.05) is 25.3 Å². The van der Waals surface area contributed by atoms with E-state index in [0.29, 0.717) is 37.4 Å². The Balaban J connectivity index is 1.59. The molecule has 2 heterocycles. The maximum atomic E-state index is 13.0. The zero-order valence-electron chi connectivity index (χ0n) is 17.9. The first-order valence-electron chi connectivity index (χ1n) is 10.4. The van der Waals surface area contributed by atoms with E-state index < -0.39 is 11.7 Å². The number of piperidine rings is 1. The molecule has 30 heavy (non-hydrogen) atoms. The summed E-state index contributed by atoms with van der Waals surface area (Å²) in [6, 6.07) is 8.77. The standard InChI is InChI=1S/C22H30N4O4/c1-22(2,3)30-21(29)24-9-7-16(8-10-24)13-25-14-19(27)15-26(20(25)28)18-6-4-5-17(11-18)12-23/h4-6,11,16,19,27H,7-10,13-15H2,1-3H3. The summed E-state index contributed by atoms with van der Waals surface area (Å²) in [7, 11) is 0. The van der Waals surface area contributed by atoms with Crippen molar-refractivity contribution in [3.05, 3.63) is 29.8 Å². The lowest BCUT2D eigenvalue weighted by Gasteiger charge is -2.41. The van der Waals surface area contributed by atoms with E-state index in [1.807, 2.05) is 20.8 Å². The Kier molecular flexibility index (Phi) is 6.52. The van der Waals surface area contributed by atoms with Crippen LogP contribution in [-0.2, 0) is 4.74 Å². The number of benzene rings is 1. The van der Waals surface area contributed by atoms with Gasteiger partial charge in [-0.25, -0.2) is 9.59 Å². The summed E-state index contributed by atoms with van der Waals surface area (Å²) in [5, 5.41) is 19.5. The molecule has 3 amide bonds. The SMILES string of the molecule is CC(C)(C)OC(=O)N1CCC(CN2CC(O)CN(c3cccc(C#N)c3)C2=O)CC1. The number of anilines is 1. The van der Waals surface area contributed by atoms with Gasteiger partial charge < -0.3 is 19.6 Å². The number of rotatable bonds is 3. The number of carbonyl (C=O) groups is 2. The Hall–Kier alpha value is -2.79. The third kappa shape index (κ3) is 5.42. The van der Waals surface area contributed by atoms with Gasteiger partial charge in [0.15, 0.2) is 0 Å². The lowest BCUT2D eigenvalue weighted by Crippen LogP contribution is -2.57. The van der Waals surface area contributed by atoms with Crippen LogP contribution in [0, 0.1) is 17.2 Å². The first-order chi connectivity index (χ1) is 14.2. The van der Waals surface area contributed by atoms with Gasteiger partial charge in [0.2, 0.25) is 0 Å². The lowest BCUT2D eigenvalue weighted by molar-refractivity contribution is 0.0166. The fourth-order valence-corrected chi connectivity index (χ4v) is 3.90. The van der Waals surface area contributed by atoms with Crippen LogP contribution >= 0.6 is 0 Å². The number of likely N-dealkylation sites (tertiary alicyclic amines) is 1. The summed E-state index contributed by atoms with van der Waals surface area (Å²) in [5.41, 5.74) is 0.570. The van der Waals surface area contributed by atoms with Gasteiger partial charge in [-0.1, -0.05) is 6.07 Å². The van der Waals surface area contributed by atoms with E-state index in [0.717, 1.165) is 12.8 Å². The average Bonchev–Trinajstić information content (AvgIpc) is 2.69. The summed E-state index contributed by atoms with van der Waals surface area (Å²) in [5.74, 6) is 0.255. The second-order valence-electron chi connectivity index (χ2n) is 9.02. The number of hydrogen-bond donors (Lipinski definition) is 1. The monoisotopic (exact) mass is 414 g/mol. The van der Waals surface area contributed by atoms with Crippen molar-refractivity contribution in [1.82, 2.24) is 9.80 Å². The molecule has 1 N–H and O–H groups in total. The Morgan fingerprint density at radius 2 is 1.97 bits per heavy atom. The number of nitrogens with zero attached hydrogens (tertiary/aromatic N) is 4. The molecular formula is C22H30N4O4. The smallest absolute Gasteiger partial charge is 0.410 e. The van der Waals surface area contributed by atoms with E-state index in [1.54, 1.807) is 34.1 Å². The van der Waals surface area contributed by atoms with Gasteiger partial charge in [-0.05, 0) is 57.7 Å². The number of hydrogen-bond acceptors (Lipinski definition) is 5. The number of amides is 3. The Labute approximate surface area is 177 Å². The summed E-state index contributed by atoms with van der Waals surface area (Å²) in [6.45, 7) is 7.78. The molecule has 2 fully saturated rings. The molecule has 3 rings (SSSR count). The zero-order valence-corrected chi connectivity index (χ0v) is 17.9. The molecule has 1 unspecified atom stereocenters. The molecule has 1 aromatic carbocycles. The number of aliphatic hydroxyl groups is 1. The Bertz CT molecular complexity index is 821. The van der Waals surface area contributed by atoms with Gasteiger partial charge in [-0.2, -0.15) is 5.26 Å². The van der Waals surface area contributed by atoms with E-state index in [-0.39, 0.29) is 24.6 Å². The number of urea groups is 1. The molecular weight excluding hydrogens is 384 g/mol.